The molecule has 3 N–H and O–H groups in total. The highest BCUT2D eigenvalue weighted by Gasteiger charge is 2.50. The lowest BCUT2D eigenvalue weighted by Crippen LogP contribution is -2.41. The second kappa shape index (κ2) is 4.35. The highest BCUT2D eigenvalue weighted by molar-refractivity contribution is 6.30. The zero-order chi connectivity index (χ0) is 13.6. The van der Waals surface area contributed by atoms with Crippen LogP contribution in [0.2, 0.25) is 5.02 Å². The van der Waals surface area contributed by atoms with Gasteiger partial charge in [0.2, 0.25) is 0 Å². The van der Waals surface area contributed by atoms with Crippen LogP contribution in [-0.4, -0.2) is 16.2 Å². The summed E-state index contributed by atoms with van der Waals surface area (Å²) in [5.41, 5.74) is 2.40. The number of hydrogen-bond donors (Lipinski definition) is 2. The first kappa shape index (κ1) is 13.5. The van der Waals surface area contributed by atoms with Crippen molar-refractivity contribution in [2.45, 2.75) is 45.2 Å². The van der Waals surface area contributed by atoms with Crippen LogP contribution in [0.4, 0.5) is 5.82 Å². The molecule has 0 atom stereocenters. The summed E-state index contributed by atoms with van der Waals surface area (Å²) in [5, 5.41) is 0.513. The van der Waals surface area contributed by atoms with E-state index in [-0.39, 0.29) is 0 Å². The van der Waals surface area contributed by atoms with E-state index >= 15 is 0 Å². The van der Waals surface area contributed by atoms with E-state index in [1.165, 1.54) is 6.20 Å². The van der Waals surface area contributed by atoms with Crippen LogP contribution in [0, 0.1) is 0 Å². The Hall–Kier alpha value is -0.880. The first-order valence-electron chi connectivity index (χ1n) is 5.74. The molecule has 1 aromatic rings. The van der Waals surface area contributed by atoms with Crippen LogP contribution in [-0.2, 0) is 9.47 Å². The quantitative estimate of drug-likeness (QED) is 0.639. The summed E-state index contributed by atoms with van der Waals surface area (Å²) in [4.78, 5) is 4.11. The van der Waals surface area contributed by atoms with E-state index < -0.39 is 17.5 Å². The number of aromatic nitrogens is 1. The first-order chi connectivity index (χ1) is 8.27. The molecular formula is C12H18ClN3O2. The molecule has 1 aliphatic rings. The zero-order valence-corrected chi connectivity index (χ0v) is 11.7. The number of hydrogen-bond acceptors (Lipinski definition) is 5. The van der Waals surface area contributed by atoms with Crippen LogP contribution in [0.15, 0.2) is 12.3 Å². The van der Waals surface area contributed by atoms with Gasteiger partial charge < -0.3 is 14.9 Å². The van der Waals surface area contributed by atoms with Gasteiger partial charge in [-0.05, 0) is 33.8 Å². The Bertz CT molecular complexity index is 447. The number of hydrazine groups is 1. The molecule has 0 bridgehead atoms. The topological polar surface area (TPSA) is 69.4 Å². The highest BCUT2D eigenvalue weighted by atomic mass is 35.5. The summed E-state index contributed by atoms with van der Waals surface area (Å²) in [7, 11) is 0. The molecular weight excluding hydrogens is 254 g/mol. The largest absolute Gasteiger partial charge is 0.339 e. The minimum absolute atomic E-state index is 0.411. The van der Waals surface area contributed by atoms with Crippen LogP contribution >= 0.6 is 11.6 Å². The van der Waals surface area contributed by atoms with Crippen molar-refractivity contribution in [2.75, 3.05) is 5.43 Å². The Morgan fingerprint density at radius 2 is 1.83 bits per heavy atom. The van der Waals surface area contributed by atoms with Gasteiger partial charge in [-0.2, -0.15) is 0 Å². The van der Waals surface area contributed by atoms with Crippen molar-refractivity contribution in [1.82, 2.24) is 4.98 Å². The summed E-state index contributed by atoms with van der Waals surface area (Å²) < 4.78 is 11.9. The SMILES string of the molecule is CC1(C)OC(c2cc(Cl)cnc2NN)OC1(C)C. The van der Waals surface area contributed by atoms with Crippen molar-refractivity contribution in [2.24, 2.45) is 5.84 Å². The van der Waals surface area contributed by atoms with Gasteiger partial charge in [0.1, 0.15) is 5.82 Å². The molecule has 1 aromatic heterocycles. The molecule has 6 heteroatoms. The zero-order valence-electron chi connectivity index (χ0n) is 11.0. The van der Waals surface area contributed by atoms with Crippen molar-refractivity contribution in [3.63, 3.8) is 0 Å². The van der Waals surface area contributed by atoms with Crippen molar-refractivity contribution >= 4 is 17.4 Å². The lowest BCUT2D eigenvalue weighted by Gasteiger charge is -2.30. The third kappa shape index (κ3) is 2.19. The molecule has 0 aromatic carbocycles. The second-order valence-corrected chi connectivity index (χ2v) is 5.76. The van der Waals surface area contributed by atoms with E-state index in [1.54, 1.807) is 6.07 Å². The lowest BCUT2D eigenvalue weighted by atomic mass is 9.90. The fraction of sp³-hybridized carbons (Fsp3) is 0.583. The molecule has 0 unspecified atom stereocenters. The molecule has 0 amide bonds. The maximum absolute atomic E-state index is 5.95. The third-order valence-corrected chi connectivity index (χ3v) is 3.73. The Morgan fingerprint density at radius 1 is 1.28 bits per heavy atom. The predicted molar refractivity (Wildman–Crippen MR) is 70.1 cm³/mol. The number of nitrogens with two attached hydrogens (primary N) is 1. The number of nitrogens with zero attached hydrogens (tertiary/aromatic N) is 1. The van der Waals surface area contributed by atoms with Gasteiger partial charge >= 0.3 is 0 Å². The number of rotatable bonds is 2. The molecule has 0 aliphatic carbocycles. The molecule has 5 nitrogen and oxygen atoms in total. The van der Waals surface area contributed by atoms with Crippen LogP contribution in [0.5, 0.6) is 0 Å². The second-order valence-electron chi connectivity index (χ2n) is 5.32. The molecule has 18 heavy (non-hydrogen) atoms. The lowest BCUT2D eigenvalue weighted by molar-refractivity contribution is -0.0892. The van der Waals surface area contributed by atoms with Crippen molar-refractivity contribution < 1.29 is 9.47 Å². The monoisotopic (exact) mass is 271 g/mol. The summed E-state index contributed by atoms with van der Waals surface area (Å²) in [6, 6.07) is 1.74. The van der Waals surface area contributed by atoms with Gasteiger partial charge in [0.05, 0.1) is 21.8 Å². The normalized spacial score (nSPS) is 22.1. The molecule has 0 saturated carbocycles. The number of pyridine rings is 1. The molecule has 2 heterocycles. The van der Waals surface area contributed by atoms with Crippen molar-refractivity contribution in [1.29, 1.82) is 0 Å². The van der Waals surface area contributed by atoms with Gasteiger partial charge in [-0.3, -0.25) is 0 Å². The third-order valence-electron chi connectivity index (χ3n) is 3.53. The number of nitrogen functional groups attached to an aromatic ring is 1. The van der Waals surface area contributed by atoms with Crippen LogP contribution in [0.1, 0.15) is 39.5 Å². The molecule has 0 radical (unpaired) electrons. The average Bonchev–Trinajstić information content (AvgIpc) is 2.48. The van der Waals surface area contributed by atoms with Crippen LogP contribution in [0.25, 0.3) is 0 Å². The smallest absolute Gasteiger partial charge is 0.189 e. The summed E-state index contributed by atoms with van der Waals surface area (Å²) in [6.45, 7) is 7.95. The highest BCUT2D eigenvalue weighted by Crippen LogP contribution is 2.46. The average molecular weight is 272 g/mol. The Labute approximate surface area is 112 Å². The molecule has 0 spiro atoms. The van der Waals surface area contributed by atoms with Gasteiger partial charge in [-0.25, -0.2) is 10.8 Å². The van der Waals surface area contributed by atoms with Gasteiger partial charge in [0.25, 0.3) is 0 Å². The van der Waals surface area contributed by atoms with Crippen molar-refractivity contribution in [3.8, 4) is 0 Å². The maximum atomic E-state index is 5.95. The predicted octanol–water partition coefficient (Wildman–Crippen LogP) is 2.62. The standard InChI is InChI=1S/C12H18ClN3O2/c1-11(2)12(3,4)18-10(17-11)8-5-7(13)6-15-9(8)16-14/h5-6,10H,14H2,1-4H3,(H,15,16). The Morgan fingerprint density at radius 3 is 2.33 bits per heavy atom. The maximum Gasteiger partial charge on any atom is 0.189 e. The minimum Gasteiger partial charge on any atom is -0.339 e. The minimum atomic E-state index is -0.535. The van der Waals surface area contributed by atoms with E-state index in [9.17, 15) is 0 Å². The fourth-order valence-corrected chi connectivity index (χ4v) is 1.89. The summed E-state index contributed by atoms with van der Waals surface area (Å²) in [5.74, 6) is 5.93. The van der Waals surface area contributed by atoms with Crippen LogP contribution < -0.4 is 11.3 Å². The van der Waals surface area contributed by atoms with Gasteiger partial charge in [-0.15, -0.1) is 0 Å². The van der Waals surface area contributed by atoms with Gasteiger partial charge in [0.15, 0.2) is 6.29 Å². The van der Waals surface area contributed by atoms with Crippen LogP contribution in [0.3, 0.4) is 0 Å². The van der Waals surface area contributed by atoms with E-state index in [0.29, 0.717) is 16.4 Å². The van der Waals surface area contributed by atoms with E-state index in [0.717, 1.165) is 0 Å². The first-order valence-corrected chi connectivity index (χ1v) is 6.12. The number of anilines is 1. The molecule has 1 saturated heterocycles. The molecule has 100 valence electrons. The van der Waals surface area contributed by atoms with E-state index in [4.69, 9.17) is 26.9 Å². The Balaban J connectivity index is 2.37. The van der Waals surface area contributed by atoms with Crippen molar-refractivity contribution in [3.05, 3.63) is 22.8 Å². The Kier molecular flexibility index (Phi) is 3.27. The number of ether oxygens (including phenoxy) is 2. The summed E-state index contributed by atoms with van der Waals surface area (Å²) in [6.07, 6.45) is 0.984. The number of halogens is 1. The van der Waals surface area contributed by atoms with Gasteiger partial charge in [-0.1, -0.05) is 11.6 Å². The number of nitrogens with one attached hydrogen (secondary N) is 1. The summed E-state index contributed by atoms with van der Waals surface area (Å²) >= 11 is 5.95. The molecule has 1 aliphatic heterocycles. The molecule has 2 rings (SSSR count). The van der Waals surface area contributed by atoms with Gasteiger partial charge in [0, 0.05) is 6.20 Å². The molecule has 1 fully saturated rings. The fourth-order valence-electron chi connectivity index (χ4n) is 1.73. The van der Waals surface area contributed by atoms with E-state index in [1.807, 2.05) is 27.7 Å². The van der Waals surface area contributed by atoms with E-state index in [2.05, 4.69) is 10.4 Å².